The summed E-state index contributed by atoms with van der Waals surface area (Å²) in [4.78, 5) is 6.17. The Labute approximate surface area is 188 Å². The molecule has 1 aromatic heterocycles. The Kier molecular flexibility index (Phi) is 10.7. The maximum absolute atomic E-state index is 12.5. The van der Waals surface area contributed by atoms with Gasteiger partial charge in [-0.25, -0.2) is 4.99 Å². The summed E-state index contributed by atoms with van der Waals surface area (Å²) in [5.74, 6) is 1.22. The van der Waals surface area contributed by atoms with Crippen molar-refractivity contribution in [2.75, 3.05) is 32.7 Å². The van der Waals surface area contributed by atoms with E-state index in [4.69, 9.17) is 0 Å². The van der Waals surface area contributed by atoms with Gasteiger partial charge in [0.1, 0.15) is 0 Å². The summed E-state index contributed by atoms with van der Waals surface area (Å²) >= 11 is 0. The van der Waals surface area contributed by atoms with Crippen molar-refractivity contribution in [3.05, 3.63) is 17.0 Å². The fraction of sp³-hybridized carbons (Fsp3) is 0.789. The van der Waals surface area contributed by atoms with Gasteiger partial charge in [-0.15, -0.1) is 24.0 Å². The quantitative estimate of drug-likeness (QED) is 0.323. The summed E-state index contributed by atoms with van der Waals surface area (Å²) in [7, 11) is 1.93. The van der Waals surface area contributed by atoms with Gasteiger partial charge in [0.2, 0.25) is 0 Å². The predicted molar refractivity (Wildman–Crippen MR) is 121 cm³/mol. The van der Waals surface area contributed by atoms with E-state index in [1.807, 2.05) is 32.5 Å². The molecule has 0 spiro atoms. The highest BCUT2D eigenvalue weighted by atomic mass is 127. The van der Waals surface area contributed by atoms with Gasteiger partial charge in [0.05, 0.1) is 18.8 Å². The van der Waals surface area contributed by atoms with Gasteiger partial charge in [0, 0.05) is 31.4 Å². The number of hydrogen-bond acceptors (Lipinski definition) is 3. The zero-order valence-electron chi connectivity index (χ0n) is 17.8. The molecule has 1 aliphatic heterocycles. The topological polar surface area (TPSA) is 57.5 Å². The maximum Gasteiger partial charge on any atom is 0.401 e. The second-order valence-corrected chi connectivity index (χ2v) is 7.52. The van der Waals surface area contributed by atoms with Gasteiger partial charge in [-0.2, -0.15) is 18.3 Å². The van der Waals surface area contributed by atoms with Crippen molar-refractivity contribution in [3.8, 4) is 0 Å². The molecule has 0 amide bonds. The molecule has 1 saturated heterocycles. The van der Waals surface area contributed by atoms with E-state index < -0.39 is 12.7 Å². The molecule has 0 aliphatic carbocycles. The first-order valence-corrected chi connectivity index (χ1v) is 10.00. The molecule has 1 aromatic rings. The second kappa shape index (κ2) is 12.0. The highest BCUT2D eigenvalue weighted by molar-refractivity contribution is 14.0. The average molecular weight is 530 g/mol. The largest absolute Gasteiger partial charge is 0.401 e. The zero-order chi connectivity index (χ0) is 20.7. The van der Waals surface area contributed by atoms with E-state index in [0.29, 0.717) is 25.6 Å². The molecule has 1 aliphatic rings. The number of rotatable bonds is 7. The normalized spacial score (nSPS) is 16.6. The van der Waals surface area contributed by atoms with Crippen LogP contribution in [0.25, 0.3) is 0 Å². The molecule has 0 saturated carbocycles. The number of guanidine groups is 1. The van der Waals surface area contributed by atoms with Crippen LogP contribution in [0.3, 0.4) is 0 Å². The van der Waals surface area contributed by atoms with Crippen LogP contribution in [0, 0.1) is 19.8 Å². The second-order valence-electron chi connectivity index (χ2n) is 7.52. The molecule has 2 heterocycles. The molecule has 2 rings (SSSR count). The first kappa shape index (κ1) is 26.0. The molecule has 6 nitrogen and oxygen atoms in total. The number of aromatic nitrogens is 2. The van der Waals surface area contributed by atoms with Gasteiger partial charge in [-0.3, -0.25) is 9.58 Å². The van der Waals surface area contributed by atoms with Crippen molar-refractivity contribution in [1.82, 2.24) is 25.3 Å². The Morgan fingerprint density at radius 3 is 2.38 bits per heavy atom. The summed E-state index contributed by atoms with van der Waals surface area (Å²) in [5, 5.41) is 11.0. The lowest BCUT2D eigenvalue weighted by Gasteiger charge is -2.32. The van der Waals surface area contributed by atoms with Crippen molar-refractivity contribution in [3.63, 3.8) is 0 Å². The highest BCUT2D eigenvalue weighted by Gasteiger charge is 2.32. The van der Waals surface area contributed by atoms with Crippen LogP contribution in [0.15, 0.2) is 4.99 Å². The van der Waals surface area contributed by atoms with Crippen LogP contribution in [0.2, 0.25) is 0 Å². The minimum Gasteiger partial charge on any atom is -0.357 e. The van der Waals surface area contributed by atoms with Crippen molar-refractivity contribution in [2.45, 2.75) is 52.8 Å². The third-order valence-corrected chi connectivity index (χ3v) is 5.35. The van der Waals surface area contributed by atoms with Gasteiger partial charge in [0.25, 0.3) is 0 Å². The van der Waals surface area contributed by atoms with E-state index in [-0.39, 0.29) is 24.0 Å². The van der Waals surface area contributed by atoms with Gasteiger partial charge < -0.3 is 10.6 Å². The minimum atomic E-state index is -4.10. The number of halogens is 4. The molecule has 0 atom stereocenters. The molecule has 0 bridgehead atoms. The van der Waals surface area contributed by atoms with Crippen LogP contribution in [0.4, 0.5) is 13.2 Å². The summed E-state index contributed by atoms with van der Waals surface area (Å²) in [6.07, 6.45) is -1.52. The van der Waals surface area contributed by atoms with E-state index in [1.54, 1.807) is 0 Å². The van der Waals surface area contributed by atoms with Gasteiger partial charge in [0.15, 0.2) is 5.96 Å². The highest BCUT2D eigenvalue weighted by Crippen LogP contribution is 2.24. The average Bonchev–Trinajstić information content (AvgIpc) is 2.85. The van der Waals surface area contributed by atoms with Crippen molar-refractivity contribution in [2.24, 2.45) is 18.0 Å². The lowest BCUT2D eigenvalue weighted by Crippen LogP contribution is -2.41. The van der Waals surface area contributed by atoms with Crippen LogP contribution < -0.4 is 10.6 Å². The SMILES string of the molecule is CCNC(=NCc1c(C)nn(C)c1C)NCCC1CCN(CC(F)(F)F)CC1.I. The van der Waals surface area contributed by atoms with Gasteiger partial charge >= 0.3 is 6.18 Å². The lowest BCUT2D eigenvalue weighted by molar-refractivity contribution is -0.148. The molecular formula is C19H34F3IN6. The third kappa shape index (κ3) is 8.69. The van der Waals surface area contributed by atoms with Crippen molar-refractivity contribution in [1.29, 1.82) is 0 Å². The van der Waals surface area contributed by atoms with Crippen molar-refractivity contribution < 1.29 is 13.2 Å². The standard InChI is InChI=1S/C19H33F3N6.HI/c1-5-23-18(25-12-17-14(2)26-27(4)15(17)3)24-9-6-16-7-10-28(11-8-16)13-19(20,21)22;/h16H,5-13H2,1-4H3,(H2,23,24,25);1H. The monoisotopic (exact) mass is 530 g/mol. The van der Waals surface area contributed by atoms with Crippen molar-refractivity contribution >= 4 is 29.9 Å². The van der Waals surface area contributed by atoms with Crippen LogP contribution in [0.1, 0.15) is 43.1 Å². The van der Waals surface area contributed by atoms with E-state index in [1.165, 1.54) is 4.90 Å². The van der Waals surface area contributed by atoms with Gasteiger partial charge in [-0.1, -0.05) is 0 Å². The molecule has 0 unspecified atom stereocenters. The summed E-state index contributed by atoms with van der Waals surface area (Å²) in [6.45, 7) is 8.41. The fourth-order valence-corrected chi connectivity index (χ4v) is 3.63. The first-order valence-electron chi connectivity index (χ1n) is 10.00. The van der Waals surface area contributed by atoms with Crippen LogP contribution >= 0.6 is 24.0 Å². The third-order valence-electron chi connectivity index (χ3n) is 5.35. The number of aliphatic imine (C=N–C) groups is 1. The van der Waals surface area contributed by atoms with Gasteiger partial charge in [-0.05, 0) is 59.0 Å². The van der Waals surface area contributed by atoms with Crippen LogP contribution in [-0.4, -0.2) is 59.5 Å². The smallest absolute Gasteiger partial charge is 0.357 e. The summed E-state index contributed by atoms with van der Waals surface area (Å²) < 4.78 is 39.3. The minimum absolute atomic E-state index is 0. The predicted octanol–water partition coefficient (Wildman–Crippen LogP) is 3.37. The van der Waals surface area contributed by atoms with E-state index in [9.17, 15) is 13.2 Å². The summed E-state index contributed by atoms with van der Waals surface area (Å²) in [5.41, 5.74) is 3.24. The van der Waals surface area contributed by atoms with E-state index in [0.717, 1.165) is 55.3 Å². The van der Waals surface area contributed by atoms with Crippen LogP contribution in [-0.2, 0) is 13.6 Å². The number of alkyl halides is 3. The van der Waals surface area contributed by atoms with E-state index in [2.05, 4.69) is 20.7 Å². The number of aryl methyl sites for hydroxylation is 2. The molecule has 0 radical (unpaired) electrons. The molecule has 2 N–H and O–H groups in total. The molecule has 168 valence electrons. The van der Waals surface area contributed by atoms with E-state index >= 15 is 0 Å². The Balaban J connectivity index is 0.00000420. The Hall–Kier alpha value is -1.04. The Morgan fingerprint density at radius 1 is 1.21 bits per heavy atom. The fourth-order valence-electron chi connectivity index (χ4n) is 3.63. The molecule has 29 heavy (non-hydrogen) atoms. The Bertz CT molecular complexity index is 651. The molecular weight excluding hydrogens is 496 g/mol. The number of likely N-dealkylation sites (tertiary alicyclic amines) is 1. The molecule has 1 fully saturated rings. The number of nitrogens with one attached hydrogen (secondary N) is 2. The van der Waals surface area contributed by atoms with Crippen LogP contribution in [0.5, 0.6) is 0 Å². The Morgan fingerprint density at radius 2 is 1.86 bits per heavy atom. The first-order chi connectivity index (χ1) is 13.2. The molecule has 0 aromatic carbocycles. The molecule has 10 heteroatoms. The zero-order valence-corrected chi connectivity index (χ0v) is 20.1. The summed E-state index contributed by atoms with van der Waals surface area (Å²) in [6, 6.07) is 0. The number of piperidine rings is 1. The number of hydrogen-bond donors (Lipinski definition) is 2. The lowest BCUT2D eigenvalue weighted by atomic mass is 9.93. The maximum atomic E-state index is 12.5. The number of nitrogens with zero attached hydrogens (tertiary/aromatic N) is 4.